The van der Waals surface area contributed by atoms with Gasteiger partial charge in [0.15, 0.2) is 18.3 Å². The lowest BCUT2D eigenvalue weighted by atomic mass is 10.0. The summed E-state index contributed by atoms with van der Waals surface area (Å²) < 4.78 is 31.7. The Hall–Kier alpha value is -4.69. The van der Waals surface area contributed by atoms with Crippen molar-refractivity contribution < 1.29 is 13.1 Å². The van der Waals surface area contributed by atoms with Gasteiger partial charge in [0.25, 0.3) is 0 Å². The maximum absolute atomic E-state index is 13.7. The summed E-state index contributed by atoms with van der Waals surface area (Å²) in [6.45, 7) is 0. The second-order valence-corrected chi connectivity index (χ2v) is 9.83. The van der Waals surface area contributed by atoms with Crippen LogP contribution in [-0.2, 0) is 10.0 Å². The van der Waals surface area contributed by atoms with E-state index < -0.39 is 10.0 Å². The van der Waals surface area contributed by atoms with E-state index in [1.807, 2.05) is 25.4 Å². The van der Waals surface area contributed by atoms with Crippen molar-refractivity contribution >= 4 is 39.1 Å². The Morgan fingerprint density at radius 1 is 1.06 bits per heavy atom. The maximum Gasteiger partial charge on any atom is 0.301 e. The zero-order chi connectivity index (χ0) is 24.2. The lowest BCUT2D eigenvalue weighted by Crippen LogP contribution is -2.16. The van der Waals surface area contributed by atoms with Crippen LogP contribution in [0.15, 0.2) is 77.4 Å². The first-order valence-electron chi connectivity index (χ1n) is 10.6. The van der Waals surface area contributed by atoms with Crippen LogP contribution in [0.1, 0.15) is 17.0 Å². The molecular weight excluding hydrogens is 464 g/mol. The molecule has 0 saturated heterocycles. The van der Waals surface area contributed by atoms with E-state index >= 15 is 0 Å². The van der Waals surface area contributed by atoms with E-state index in [2.05, 4.69) is 26.2 Å². The van der Waals surface area contributed by atoms with Gasteiger partial charge >= 0.3 is 10.0 Å². The molecule has 5 heterocycles. The molecule has 1 aromatic carbocycles. The number of rotatable bonds is 4. The van der Waals surface area contributed by atoms with Crippen LogP contribution < -0.4 is 0 Å². The van der Waals surface area contributed by atoms with Gasteiger partial charge in [0.05, 0.1) is 30.2 Å². The van der Waals surface area contributed by atoms with Crippen LogP contribution in [0.2, 0.25) is 0 Å². The molecule has 0 aliphatic carbocycles. The lowest BCUT2D eigenvalue weighted by molar-refractivity contribution is -0.494. The first-order valence-corrected chi connectivity index (χ1v) is 12.1. The van der Waals surface area contributed by atoms with Crippen LogP contribution in [0.25, 0.3) is 27.8 Å². The van der Waals surface area contributed by atoms with Gasteiger partial charge in [-0.25, -0.2) is 4.98 Å². The van der Waals surface area contributed by atoms with E-state index in [9.17, 15) is 13.7 Å². The summed E-state index contributed by atoms with van der Waals surface area (Å²) in [6.07, 6.45) is 9.81. The molecule has 0 N–H and O–H groups in total. The number of nitriles is 1. The number of hydrazone groups is 1. The molecule has 1 atom stereocenters. The number of pyridine rings is 2. The summed E-state index contributed by atoms with van der Waals surface area (Å²) in [7, 11) is -2.28. The van der Waals surface area contributed by atoms with Crippen LogP contribution in [0.4, 0.5) is 0 Å². The van der Waals surface area contributed by atoms with Crippen molar-refractivity contribution in [3.63, 3.8) is 0 Å². The van der Waals surface area contributed by atoms with E-state index in [1.165, 1.54) is 16.8 Å². The number of hydrogen-bond donors (Lipinski definition) is 0. The molecule has 4 aromatic heterocycles. The standard InChI is InChI=1S/C24H17N8O2S/c1-30-14-20(11-28-30)19-8-22-21(26-10-19)12-29-32(22)35(33,34)24-13-27-23-6-5-18(15-31(23)24)17-4-2-3-16(7-17)9-25/h2-8,10-15,20H,1H3/q+1. The SMILES string of the molecule is C[N+]1=CC(c2cnc3cnn(S(=O)(=O)c4cnc5ccc(-c6cccc(C#N)c6)cn45)c3c2)C=N1. The van der Waals surface area contributed by atoms with Crippen molar-refractivity contribution in [3.8, 4) is 17.2 Å². The normalized spacial score (nSPS) is 15.5. The highest BCUT2D eigenvalue weighted by atomic mass is 32.2. The molecule has 11 heteroatoms. The van der Waals surface area contributed by atoms with Crippen LogP contribution >= 0.6 is 0 Å². The van der Waals surface area contributed by atoms with Gasteiger partial charge in [-0.2, -0.15) is 22.9 Å². The molecular formula is C24H17N8O2S+. The molecule has 0 amide bonds. The molecule has 6 rings (SSSR count). The van der Waals surface area contributed by atoms with Gasteiger partial charge < -0.3 is 0 Å². The number of hydrogen-bond acceptors (Lipinski definition) is 7. The third kappa shape index (κ3) is 3.39. The van der Waals surface area contributed by atoms with Crippen molar-refractivity contribution in [2.45, 2.75) is 10.9 Å². The third-order valence-corrected chi connectivity index (χ3v) is 7.45. The fraction of sp³-hybridized carbons (Fsp3) is 0.0833. The Kier molecular flexibility index (Phi) is 4.58. The highest BCUT2D eigenvalue weighted by molar-refractivity contribution is 7.90. The smallest absolute Gasteiger partial charge is 0.288 e. The van der Waals surface area contributed by atoms with Gasteiger partial charge in [-0.1, -0.05) is 16.8 Å². The largest absolute Gasteiger partial charge is 0.301 e. The predicted molar refractivity (Wildman–Crippen MR) is 129 cm³/mol. The Bertz CT molecular complexity index is 1860. The number of benzene rings is 1. The van der Waals surface area contributed by atoms with Gasteiger partial charge in [0.1, 0.15) is 22.6 Å². The average Bonchev–Trinajstić information content (AvgIpc) is 3.61. The third-order valence-electron chi connectivity index (χ3n) is 5.87. The molecule has 0 radical (unpaired) electrons. The quantitative estimate of drug-likeness (QED) is 0.364. The fourth-order valence-electron chi connectivity index (χ4n) is 4.11. The Labute approximate surface area is 199 Å². The monoisotopic (exact) mass is 481 g/mol. The van der Waals surface area contributed by atoms with Gasteiger partial charge in [-0.05, 0) is 52.1 Å². The molecule has 0 bridgehead atoms. The van der Waals surface area contributed by atoms with E-state index in [4.69, 9.17) is 0 Å². The number of aromatic nitrogens is 5. The Morgan fingerprint density at radius 3 is 2.74 bits per heavy atom. The van der Waals surface area contributed by atoms with Gasteiger partial charge in [0, 0.05) is 12.4 Å². The van der Waals surface area contributed by atoms with E-state index in [0.29, 0.717) is 22.2 Å². The van der Waals surface area contributed by atoms with Crippen molar-refractivity contribution in [1.29, 1.82) is 5.26 Å². The zero-order valence-electron chi connectivity index (χ0n) is 18.4. The van der Waals surface area contributed by atoms with Crippen LogP contribution in [0, 0.1) is 11.3 Å². The number of fused-ring (bicyclic) bond motifs is 2. The highest BCUT2D eigenvalue weighted by Crippen LogP contribution is 2.26. The summed E-state index contributed by atoms with van der Waals surface area (Å²) >= 11 is 0. The first kappa shape index (κ1) is 20.9. The minimum atomic E-state index is -4.11. The molecule has 170 valence electrons. The first-order chi connectivity index (χ1) is 16.9. The molecule has 0 fully saturated rings. The summed E-state index contributed by atoms with van der Waals surface area (Å²) in [4.78, 5) is 8.68. The molecule has 10 nitrogen and oxygen atoms in total. The maximum atomic E-state index is 13.7. The average molecular weight is 482 g/mol. The van der Waals surface area contributed by atoms with E-state index in [0.717, 1.165) is 20.8 Å². The molecule has 35 heavy (non-hydrogen) atoms. The van der Waals surface area contributed by atoms with E-state index in [-0.39, 0.29) is 10.9 Å². The van der Waals surface area contributed by atoms with E-state index in [1.54, 1.807) is 53.6 Å². The summed E-state index contributed by atoms with van der Waals surface area (Å²) in [5.74, 6) is -0.106. The predicted octanol–water partition coefficient (Wildman–Crippen LogP) is 2.65. The van der Waals surface area contributed by atoms with Gasteiger partial charge in [-0.15, -0.1) is 0 Å². The zero-order valence-corrected chi connectivity index (χ0v) is 19.2. The van der Waals surface area contributed by atoms with Crippen LogP contribution in [-0.4, -0.2) is 56.1 Å². The lowest BCUT2D eigenvalue weighted by Gasteiger charge is -2.08. The van der Waals surface area contributed by atoms with Gasteiger partial charge in [0.2, 0.25) is 0 Å². The van der Waals surface area contributed by atoms with Crippen molar-refractivity contribution in [2.75, 3.05) is 7.05 Å². The topological polar surface area (TPSA) is 121 Å². The second kappa shape index (κ2) is 7.68. The Morgan fingerprint density at radius 2 is 1.94 bits per heavy atom. The molecule has 1 aliphatic heterocycles. The highest BCUT2D eigenvalue weighted by Gasteiger charge is 2.26. The summed E-state index contributed by atoms with van der Waals surface area (Å²) in [6, 6.07) is 14.6. The Balaban J connectivity index is 1.48. The van der Waals surface area contributed by atoms with Crippen molar-refractivity contribution in [2.24, 2.45) is 5.10 Å². The van der Waals surface area contributed by atoms with Crippen LogP contribution in [0.5, 0.6) is 0 Å². The molecule has 1 aliphatic rings. The fourth-order valence-corrected chi connectivity index (χ4v) is 5.44. The van der Waals surface area contributed by atoms with Gasteiger partial charge in [-0.3, -0.25) is 9.38 Å². The second-order valence-electron chi connectivity index (χ2n) is 8.11. The minimum Gasteiger partial charge on any atom is -0.288 e. The molecule has 1 unspecified atom stereocenters. The number of nitrogens with zero attached hydrogens (tertiary/aromatic N) is 8. The summed E-state index contributed by atoms with van der Waals surface area (Å²) in [5.41, 5.74) is 4.16. The minimum absolute atomic E-state index is 0.0325. The molecule has 5 aromatic rings. The van der Waals surface area contributed by atoms with Crippen molar-refractivity contribution in [1.82, 2.24) is 23.6 Å². The molecule has 0 spiro atoms. The molecule has 0 saturated carbocycles. The van der Waals surface area contributed by atoms with Crippen molar-refractivity contribution in [3.05, 3.63) is 78.4 Å². The number of imidazole rings is 1. The van der Waals surface area contributed by atoms with Crippen LogP contribution in [0.3, 0.4) is 0 Å². The summed E-state index contributed by atoms with van der Waals surface area (Å²) in [5, 5.41) is 17.5.